The monoisotopic (exact) mass is 1620 g/mol. The highest BCUT2D eigenvalue weighted by Crippen LogP contribution is 2.45. The summed E-state index contributed by atoms with van der Waals surface area (Å²) in [6.45, 7) is 16.9. The standard InChI is InChI=1S/C66H88Cl4N4O2P4.C18H22Cl2OP2/c1-3-55(57-19-7-49(43-67)8-20-57)39-64(42-66(76-80-78)62-29-13-52(46-70)14-30-62)60-25-17-54(18-26-60)48-74-36-6-32-71-33-37-73(35-5-31-72-34-38-74)47-53-15-23-58(24-16-53)56(4-2)40-63(59-21-9-50(44-68)10-22-59)41-65(75-79-77)61-27-11-51(45-69)12-28-61;1-13(16-6-2-14(11-19)3-7-16)10-18(21-23-22)17-8-4-15(12-20)5-9-17/h7-30,55-56,63-66,71-72,79-80H,3-6,31-48,77-78H2,1-2H3;2-9,13,18,23H,10-12,22H2,1H3. The van der Waals surface area contributed by atoms with Gasteiger partial charge in [-0.1, -0.05) is 242 Å². The predicted octanol–water partition coefficient (Wildman–Crippen LogP) is 25.1. The number of nitrogens with zero attached hydrogens (tertiary/aromatic N) is 2. The van der Waals surface area contributed by atoms with Gasteiger partial charge in [0.25, 0.3) is 0 Å². The summed E-state index contributed by atoms with van der Waals surface area (Å²) in [5.41, 5.74) is 20.0. The van der Waals surface area contributed by atoms with Crippen LogP contribution in [0.4, 0.5) is 0 Å². The second-order valence-corrected chi connectivity index (χ2v) is 32.5. The summed E-state index contributed by atoms with van der Waals surface area (Å²) < 4.78 is 18.9. The Hall–Kier alpha value is -2.20. The molecule has 9 rings (SSSR count). The van der Waals surface area contributed by atoms with Crippen molar-refractivity contribution in [2.45, 2.75) is 175 Å². The van der Waals surface area contributed by atoms with Crippen LogP contribution in [-0.4, -0.2) is 62.2 Å². The molecule has 0 saturated carbocycles. The van der Waals surface area contributed by atoms with Crippen molar-refractivity contribution >= 4 is 122 Å². The van der Waals surface area contributed by atoms with E-state index in [-0.39, 0.29) is 18.3 Å². The molecular formula is C84H110Cl6N4O3P6. The highest BCUT2D eigenvalue weighted by Gasteiger charge is 2.27. The molecule has 14 atom stereocenters. The number of nitrogens with one attached hydrogen (secondary N) is 2. The predicted molar refractivity (Wildman–Crippen MR) is 463 cm³/mol. The maximum atomic E-state index is 6.51. The van der Waals surface area contributed by atoms with Crippen LogP contribution in [0.15, 0.2) is 194 Å². The first-order chi connectivity index (χ1) is 50.4. The van der Waals surface area contributed by atoms with Gasteiger partial charge in [0.05, 0.1) is 18.3 Å². The minimum Gasteiger partial charge on any atom is -0.351 e. The van der Waals surface area contributed by atoms with Gasteiger partial charge in [-0.2, -0.15) is 0 Å². The summed E-state index contributed by atoms with van der Waals surface area (Å²) >= 11 is 36.5. The number of benzene rings is 8. The van der Waals surface area contributed by atoms with E-state index in [1.807, 2.05) is 0 Å². The van der Waals surface area contributed by atoms with Crippen molar-refractivity contribution in [3.8, 4) is 0 Å². The Labute approximate surface area is 660 Å². The van der Waals surface area contributed by atoms with E-state index in [0.29, 0.717) is 90.4 Å². The Bertz CT molecular complexity index is 3560. The molecule has 14 unspecified atom stereocenters. The largest absolute Gasteiger partial charge is 0.351 e. The van der Waals surface area contributed by atoms with Crippen LogP contribution in [-0.2, 0) is 61.9 Å². The molecule has 0 spiro atoms. The third-order valence-electron chi connectivity index (χ3n) is 20.3. The van der Waals surface area contributed by atoms with Gasteiger partial charge in [-0.05, 0) is 203 Å². The summed E-state index contributed by atoms with van der Waals surface area (Å²) in [5.74, 6) is 5.06. The topological polar surface area (TPSA) is 58.2 Å². The molecule has 8 aromatic carbocycles. The molecule has 2 N–H and O–H groups in total. The van der Waals surface area contributed by atoms with Crippen LogP contribution in [0.1, 0.15) is 215 Å². The molecule has 1 heterocycles. The van der Waals surface area contributed by atoms with Gasteiger partial charge >= 0.3 is 0 Å². The molecule has 1 aliphatic heterocycles. The van der Waals surface area contributed by atoms with E-state index in [2.05, 4.69) is 262 Å². The lowest BCUT2D eigenvalue weighted by Crippen LogP contribution is -2.38. The normalized spacial score (nSPS) is 16.5. The molecule has 7 nitrogen and oxygen atoms in total. The highest BCUT2D eigenvalue weighted by atomic mass is 35.5. The van der Waals surface area contributed by atoms with Crippen molar-refractivity contribution < 1.29 is 13.6 Å². The minimum absolute atomic E-state index is 0.00937. The lowest BCUT2D eigenvalue weighted by atomic mass is 9.80. The summed E-state index contributed by atoms with van der Waals surface area (Å²) in [6, 6.07) is 71.2. The Morgan fingerprint density at radius 1 is 0.320 bits per heavy atom. The first kappa shape index (κ1) is 86.4. The Morgan fingerprint density at radius 2 is 0.573 bits per heavy atom. The molecule has 8 aromatic rings. The van der Waals surface area contributed by atoms with Crippen LogP contribution >= 0.6 is 122 Å². The average Bonchev–Trinajstić information content (AvgIpc) is 0.840. The maximum Gasteiger partial charge on any atom is 0.0874 e. The zero-order chi connectivity index (χ0) is 73.0. The molecule has 19 heteroatoms. The zero-order valence-electron chi connectivity index (χ0n) is 60.4. The molecular weight excluding hydrogens is 1510 g/mol. The number of hydrogen-bond acceptors (Lipinski definition) is 7. The van der Waals surface area contributed by atoms with Gasteiger partial charge in [0, 0.05) is 100 Å². The van der Waals surface area contributed by atoms with Crippen LogP contribution < -0.4 is 10.6 Å². The van der Waals surface area contributed by atoms with Crippen LogP contribution in [0.5, 0.6) is 0 Å². The number of hydrogen-bond donors (Lipinski definition) is 2. The van der Waals surface area contributed by atoms with Crippen LogP contribution in [0.25, 0.3) is 0 Å². The molecule has 1 aliphatic rings. The molecule has 0 aromatic heterocycles. The second kappa shape index (κ2) is 49.1. The molecule has 1 saturated heterocycles. The zero-order valence-corrected chi connectivity index (χ0v) is 71.4. The van der Waals surface area contributed by atoms with Gasteiger partial charge in [0.2, 0.25) is 0 Å². The lowest BCUT2D eigenvalue weighted by Gasteiger charge is -2.28. The third kappa shape index (κ3) is 29.2. The Balaban J connectivity index is 0.000000494. The quantitative estimate of drug-likeness (QED) is 0.0300. The van der Waals surface area contributed by atoms with Crippen molar-refractivity contribution in [1.29, 1.82) is 0 Å². The summed E-state index contributed by atoms with van der Waals surface area (Å²) in [7, 11) is 9.27. The van der Waals surface area contributed by atoms with E-state index < -0.39 is 0 Å². The van der Waals surface area contributed by atoms with E-state index in [4.69, 9.17) is 83.2 Å². The van der Waals surface area contributed by atoms with E-state index >= 15 is 0 Å². The fourth-order valence-corrected chi connectivity index (χ4v) is 17.8. The highest BCUT2D eigenvalue weighted by molar-refractivity contribution is 8.00. The van der Waals surface area contributed by atoms with Gasteiger partial charge < -0.3 is 24.2 Å². The summed E-state index contributed by atoms with van der Waals surface area (Å²) in [6.07, 6.45) is 9.29. The van der Waals surface area contributed by atoms with Crippen LogP contribution in [0, 0.1) is 0 Å². The van der Waals surface area contributed by atoms with E-state index in [0.717, 1.165) is 157 Å². The summed E-state index contributed by atoms with van der Waals surface area (Å²) in [4.78, 5) is 5.27. The second-order valence-electron chi connectivity index (χ2n) is 27.4. The first-order valence-corrected chi connectivity index (χ1v) is 48.1. The number of rotatable bonds is 36. The minimum atomic E-state index is -0.0114. The molecule has 103 heavy (non-hydrogen) atoms. The van der Waals surface area contributed by atoms with Crippen molar-refractivity contribution in [3.05, 3.63) is 283 Å². The molecule has 556 valence electrons. The smallest absolute Gasteiger partial charge is 0.0874 e. The van der Waals surface area contributed by atoms with Gasteiger partial charge in [0.15, 0.2) is 0 Å². The molecule has 0 bridgehead atoms. The third-order valence-corrected chi connectivity index (χ3v) is 24.7. The van der Waals surface area contributed by atoms with Crippen molar-refractivity contribution in [3.63, 3.8) is 0 Å². The van der Waals surface area contributed by atoms with Gasteiger partial charge in [0.1, 0.15) is 0 Å². The molecule has 0 amide bonds. The number of alkyl halides is 6. The van der Waals surface area contributed by atoms with Crippen LogP contribution in [0.2, 0.25) is 0 Å². The molecule has 0 aliphatic carbocycles. The van der Waals surface area contributed by atoms with Crippen LogP contribution in [0.3, 0.4) is 0 Å². The fraction of sp³-hybridized carbons (Fsp3) is 0.429. The Morgan fingerprint density at radius 3 is 0.845 bits per heavy atom. The van der Waals surface area contributed by atoms with E-state index in [1.165, 1.54) is 55.6 Å². The van der Waals surface area contributed by atoms with E-state index in [1.54, 1.807) is 0 Å². The average molecular weight is 1620 g/mol. The number of halogens is 6. The van der Waals surface area contributed by atoms with Gasteiger partial charge in [-0.15, -0.1) is 69.6 Å². The van der Waals surface area contributed by atoms with Crippen molar-refractivity contribution in [1.82, 2.24) is 20.4 Å². The van der Waals surface area contributed by atoms with Gasteiger partial charge in [-0.3, -0.25) is 9.80 Å². The summed E-state index contributed by atoms with van der Waals surface area (Å²) in [5, 5.41) is 7.63. The Kier molecular flexibility index (Phi) is 41.2. The first-order valence-electron chi connectivity index (χ1n) is 36.7. The maximum absolute atomic E-state index is 6.51. The van der Waals surface area contributed by atoms with Crippen molar-refractivity contribution in [2.24, 2.45) is 0 Å². The molecule has 1 fully saturated rings. The lowest BCUT2D eigenvalue weighted by molar-refractivity contribution is 0.211. The fourth-order valence-electron chi connectivity index (χ4n) is 14.1. The van der Waals surface area contributed by atoms with Crippen molar-refractivity contribution in [2.75, 3.05) is 52.4 Å². The van der Waals surface area contributed by atoms with Gasteiger partial charge in [-0.25, -0.2) is 0 Å². The SMILES string of the molecule is CC(CC(OPP)c1ccc(CCl)cc1)c1ccc(CCl)cc1.CCC(CC(CC(OPP)c1ccc(CCl)cc1)c1ccc(CCl)cc1)c1ccc(CN2CCCNCCN(Cc3ccc(C(CC(CC)c4ccc(CCl)cc4)CC(OPP)c4ccc(CCl)cc4)cc3)CCCNCC2)cc1. The van der Waals surface area contributed by atoms with E-state index in [9.17, 15) is 0 Å². The molecule has 0 radical (unpaired) electrons.